The maximum atomic E-state index is 11.2. The van der Waals surface area contributed by atoms with E-state index in [0.717, 1.165) is 0 Å². The van der Waals surface area contributed by atoms with Crippen molar-refractivity contribution in [2.45, 2.75) is 20.3 Å². The number of carboxylic acid groups (broad SMARTS) is 1. The molecule has 0 spiro atoms. The molecule has 6 nitrogen and oxygen atoms in total. The van der Waals surface area contributed by atoms with Gasteiger partial charge in [0.25, 0.3) is 0 Å². The molecule has 6 heteroatoms. The van der Waals surface area contributed by atoms with E-state index in [0.29, 0.717) is 12.1 Å². The van der Waals surface area contributed by atoms with Gasteiger partial charge in [0.1, 0.15) is 11.4 Å². The molecule has 0 bridgehead atoms. The molecule has 0 saturated heterocycles. The summed E-state index contributed by atoms with van der Waals surface area (Å²) in [7, 11) is 1.59. The second kappa shape index (κ2) is 4.12. The van der Waals surface area contributed by atoms with Crippen molar-refractivity contribution in [1.82, 2.24) is 9.78 Å². The molecule has 0 fully saturated rings. The van der Waals surface area contributed by atoms with Crippen LogP contribution in [-0.2, 0) is 11.8 Å². The molecule has 1 heterocycles. The van der Waals surface area contributed by atoms with Gasteiger partial charge in [0.05, 0.1) is 5.69 Å². The lowest BCUT2D eigenvalue weighted by molar-refractivity contribution is -0.115. The standard InChI is InChI=1S/C9H13N3O3/c1-4-6(13)10-8-7(9(14)15)5(2)11-12(8)3/h4H2,1-3H3,(H,10,13)(H,14,15). The fourth-order valence-corrected chi connectivity index (χ4v) is 1.28. The predicted octanol–water partition coefficient (Wildman–Crippen LogP) is 0.775. The van der Waals surface area contributed by atoms with Crippen LogP contribution >= 0.6 is 0 Å². The number of aromatic nitrogens is 2. The van der Waals surface area contributed by atoms with Crippen molar-refractivity contribution >= 4 is 17.7 Å². The van der Waals surface area contributed by atoms with Crippen LogP contribution in [0.5, 0.6) is 0 Å². The largest absolute Gasteiger partial charge is 0.477 e. The molecule has 1 amide bonds. The highest BCUT2D eigenvalue weighted by atomic mass is 16.4. The Hall–Kier alpha value is -1.85. The minimum Gasteiger partial charge on any atom is -0.477 e. The van der Waals surface area contributed by atoms with Gasteiger partial charge in [-0.15, -0.1) is 0 Å². The van der Waals surface area contributed by atoms with Crippen molar-refractivity contribution < 1.29 is 14.7 Å². The van der Waals surface area contributed by atoms with Gasteiger partial charge in [0, 0.05) is 13.5 Å². The number of rotatable bonds is 3. The van der Waals surface area contributed by atoms with Gasteiger partial charge in [-0.05, 0) is 6.92 Å². The minimum absolute atomic E-state index is 0.0410. The molecular formula is C9H13N3O3. The molecule has 1 rings (SSSR count). The quantitative estimate of drug-likeness (QED) is 0.773. The Kier molecular flexibility index (Phi) is 3.08. The molecule has 82 valence electrons. The molecule has 0 saturated carbocycles. The third-order valence-corrected chi connectivity index (χ3v) is 2.02. The number of amides is 1. The zero-order valence-corrected chi connectivity index (χ0v) is 8.87. The lowest BCUT2D eigenvalue weighted by Gasteiger charge is -2.04. The first kappa shape index (κ1) is 11.2. The zero-order valence-electron chi connectivity index (χ0n) is 8.87. The average molecular weight is 211 g/mol. The monoisotopic (exact) mass is 211 g/mol. The number of anilines is 1. The number of nitrogens with one attached hydrogen (secondary N) is 1. The van der Waals surface area contributed by atoms with E-state index in [1.807, 2.05) is 0 Å². The van der Waals surface area contributed by atoms with Gasteiger partial charge in [0.15, 0.2) is 0 Å². The Labute approximate surface area is 86.9 Å². The summed E-state index contributed by atoms with van der Waals surface area (Å²) in [4.78, 5) is 22.1. The summed E-state index contributed by atoms with van der Waals surface area (Å²) in [5.41, 5.74) is 0.427. The van der Waals surface area contributed by atoms with Gasteiger partial charge in [-0.1, -0.05) is 6.92 Å². The summed E-state index contributed by atoms with van der Waals surface area (Å²) in [6.07, 6.45) is 0.295. The summed E-state index contributed by atoms with van der Waals surface area (Å²) in [5, 5.41) is 15.4. The Bertz CT molecular complexity index is 409. The molecular weight excluding hydrogens is 198 g/mol. The Morgan fingerprint density at radius 1 is 1.53 bits per heavy atom. The Morgan fingerprint density at radius 3 is 2.60 bits per heavy atom. The van der Waals surface area contributed by atoms with Crippen molar-refractivity contribution in [3.05, 3.63) is 11.3 Å². The lowest BCUT2D eigenvalue weighted by atomic mass is 10.2. The van der Waals surface area contributed by atoms with Crippen molar-refractivity contribution in [2.75, 3.05) is 5.32 Å². The summed E-state index contributed by atoms with van der Waals surface area (Å²) >= 11 is 0. The molecule has 0 unspecified atom stereocenters. The Balaban J connectivity index is 3.15. The van der Waals surface area contributed by atoms with E-state index in [9.17, 15) is 9.59 Å². The number of hydrogen-bond acceptors (Lipinski definition) is 3. The molecule has 0 aliphatic heterocycles. The van der Waals surface area contributed by atoms with Crippen LogP contribution in [0.3, 0.4) is 0 Å². The Morgan fingerprint density at radius 2 is 2.13 bits per heavy atom. The summed E-state index contributed by atoms with van der Waals surface area (Å²) in [6.45, 7) is 3.28. The highest BCUT2D eigenvalue weighted by Gasteiger charge is 2.20. The highest BCUT2D eigenvalue weighted by molar-refractivity contribution is 6.00. The van der Waals surface area contributed by atoms with Gasteiger partial charge < -0.3 is 10.4 Å². The smallest absolute Gasteiger partial charge is 0.341 e. The number of aromatic carboxylic acids is 1. The van der Waals surface area contributed by atoms with Crippen molar-refractivity contribution in [2.24, 2.45) is 7.05 Å². The third-order valence-electron chi connectivity index (χ3n) is 2.02. The van der Waals surface area contributed by atoms with Crippen molar-refractivity contribution in [3.63, 3.8) is 0 Å². The second-order valence-corrected chi connectivity index (χ2v) is 3.14. The summed E-state index contributed by atoms with van der Waals surface area (Å²) in [6, 6.07) is 0. The van der Waals surface area contributed by atoms with Crippen LogP contribution in [0.15, 0.2) is 0 Å². The fourth-order valence-electron chi connectivity index (χ4n) is 1.28. The predicted molar refractivity (Wildman–Crippen MR) is 53.8 cm³/mol. The van der Waals surface area contributed by atoms with Crippen LogP contribution in [0.2, 0.25) is 0 Å². The van der Waals surface area contributed by atoms with E-state index in [-0.39, 0.29) is 17.3 Å². The van der Waals surface area contributed by atoms with Gasteiger partial charge >= 0.3 is 5.97 Å². The molecule has 0 aliphatic carbocycles. The molecule has 1 aromatic heterocycles. The van der Waals surface area contributed by atoms with E-state index in [2.05, 4.69) is 10.4 Å². The maximum absolute atomic E-state index is 11.2. The maximum Gasteiger partial charge on any atom is 0.341 e. The van der Waals surface area contributed by atoms with Gasteiger partial charge in [-0.25, -0.2) is 4.79 Å². The van der Waals surface area contributed by atoms with Crippen LogP contribution < -0.4 is 5.32 Å². The fraction of sp³-hybridized carbons (Fsp3) is 0.444. The molecule has 0 radical (unpaired) electrons. The first-order chi connectivity index (χ1) is 6.97. The summed E-state index contributed by atoms with van der Waals surface area (Å²) < 4.78 is 1.35. The SMILES string of the molecule is CCC(=O)Nc1c(C(=O)O)c(C)nn1C. The molecule has 1 aromatic rings. The second-order valence-electron chi connectivity index (χ2n) is 3.14. The van der Waals surface area contributed by atoms with Crippen LogP contribution in [0.1, 0.15) is 29.4 Å². The van der Waals surface area contributed by atoms with Crippen LogP contribution in [0.4, 0.5) is 5.82 Å². The van der Waals surface area contributed by atoms with E-state index in [1.165, 1.54) is 4.68 Å². The van der Waals surface area contributed by atoms with Crippen molar-refractivity contribution in [3.8, 4) is 0 Å². The minimum atomic E-state index is -1.09. The third kappa shape index (κ3) is 2.15. The number of nitrogens with zero attached hydrogens (tertiary/aromatic N) is 2. The number of carbonyl (C=O) groups is 2. The average Bonchev–Trinajstić information content (AvgIpc) is 2.41. The van der Waals surface area contributed by atoms with E-state index >= 15 is 0 Å². The molecule has 0 aliphatic rings. The van der Waals surface area contributed by atoms with Gasteiger partial charge in [-0.3, -0.25) is 9.48 Å². The van der Waals surface area contributed by atoms with Crippen LogP contribution in [-0.4, -0.2) is 26.8 Å². The molecule has 15 heavy (non-hydrogen) atoms. The molecule has 0 aromatic carbocycles. The summed E-state index contributed by atoms with van der Waals surface area (Å²) in [5.74, 6) is -1.10. The zero-order chi connectivity index (χ0) is 11.6. The lowest BCUT2D eigenvalue weighted by Crippen LogP contribution is -2.15. The molecule has 2 N–H and O–H groups in total. The highest BCUT2D eigenvalue weighted by Crippen LogP contribution is 2.18. The first-order valence-electron chi connectivity index (χ1n) is 4.54. The number of hydrogen-bond donors (Lipinski definition) is 2. The number of carboxylic acids is 1. The number of aryl methyl sites for hydroxylation is 2. The van der Waals surface area contributed by atoms with Gasteiger partial charge in [-0.2, -0.15) is 5.10 Å². The normalized spacial score (nSPS) is 10.1. The topological polar surface area (TPSA) is 84.2 Å². The van der Waals surface area contributed by atoms with E-state index < -0.39 is 5.97 Å². The van der Waals surface area contributed by atoms with Crippen LogP contribution in [0.25, 0.3) is 0 Å². The van der Waals surface area contributed by atoms with Crippen molar-refractivity contribution in [1.29, 1.82) is 0 Å². The van der Waals surface area contributed by atoms with E-state index in [4.69, 9.17) is 5.11 Å². The van der Waals surface area contributed by atoms with Gasteiger partial charge in [0.2, 0.25) is 5.91 Å². The first-order valence-corrected chi connectivity index (χ1v) is 4.54. The van der Waals surface area contributed by atoms with E-state index in [1.54, 1.807) is 20.9 Å². The van der Waals surface area contributed by atoms with Crippen LogP contribution in [0, 0.1) is 6.92 Å². The molecule has 0 atom stereocenters. The number of carbonyl (C=O) groups excluding carboxylic acids is 1.